The number of hydrogen-bond acceptors (Lipinski definition) is 6. The molecule has 0 bridgehead atoms. The molecule has 0 unspecified atom stereocenters. The second-order valence-electron chi connectivity index (χ2n) is 6.75. The van der Waals surface area contributed by atoms with E-state index in [1.165, 1.54) is 19.3 Å². The van der Waals surface area contributed by atoms with Gasteiger partial charge in [0.25, 0.3) is 0 Å². The zero-order valence-electron chi connectivity index (χ0n) is 17.1. The molecule has 6 heteroatoms. The van der Waals surface area contributed by atoms with Gasteiger partial charge >= 0.3 is 5.97 Å². The van der Waals surface area contributed by atoms with Crippen LogP contribution < -0.4 is 0 Å². The van der Waals surface area contributed by atoms with Gasteiger partial charge in [0.15, 0.2) is 0 Å². The molecule has 0 fully saturated rings. The van der Waals surface area contributed by atoms with E-state index in [0.29, 0.717) is 65.7 Å². The summed E-state index contributed by atoms with van der Waals surface area (Å²) in [5.41, 5.74) is 0. The Hall–Kier alpha value is -0.690. The van der Waals surface area contributed by atoms with Crippen LogP contribution in [-0.4, -0.2) is 65.9 Å². The van der Waals surface area contributed by atoms with Gasteiger partial charge in [-0.3, -0.25) is 4.79 Å². The van der Waals surface area contributed by atoms with Crippen LogP contribution in [0.1, 0.15) is 58.8 Å². The van der Waals surface area contributed by atoms with Gasteiger partial charge in [-0.25, -0.2) is 0 Å². The first-order valence-corrected chi connectivity index (χ1v) is 10.0. The molecule has 0 aromatic rings. The SMILES string of the molecule is COCCOCCOCCOCCCC(=O)OCCCCCCC(C)C. The Morgan fingerprint density at radius 3 is 1.88 bits per heavy atom. The van der Waals surface area contributed by atoms with E-state index in [1.54, 1.807) is 7.11 Å². The molecule has 156 valence electrons. The van der Waals surface area contributed by atoms with E-state index in [0.717, 1.165) is 18.8 Å². The minimum Gasteiger partial charge on any atom is -0.466 e. The number of unbranched alkanes of at least 4 members (excludes halogenated alkanes) is 3. The van der Waals surface area contributed by atoms with Crippen LogP contribution in [0.25, 0.3) is 0 Å². The van der Waals surface area contributed by atoms with Crippen LogP contribution in [0.5, 0.6) is 0 Å². The Morgan fingerprint density at radius 1 is 0.692 bits per heavy atom. The van der Waals surface area contributed by atoms with Crippen LogP contribution >= 0.6 is 0 Å². The lowest BCUT2D eigenvalue weighted by Crippen LogP contribution is -2.12. The molecule has 0 saturated heterocycles. The summed E-state index contributed by atoms with van der Waals surface area (Å²) in [7, 11) is 1.65. The van der Waals surface area contributed by atoms with E-state index in [-0.39, 0.29) is 5.97 Å². The fourth-order valence-corrected chi connectivity index (χ4v) is 2.27. The smallest absolute Gasteiger partial charge is 0.305 e. The number of esters is 1. The van der Waals surface area contributed by atoms with Gasteiger partial charge < -0.3 is 23.7 Å². The summed E-state index contributed by atoms with van der Waals surface area (Å²) in [6, 6.07) is 0. The van der Waals surface area contributed by atoms with Gasteiger partial charge in [0.05, 0.1) is 46.2 Å². The average molecular weight is 377 g/mol. The summed E-state index contributed by atoms with van der Waals surface area (Å²) in [5.74, 6) is 0.655. The summed E-state index contributed by atoms with van der Waals surface area (Å²) < 4.78 is 26.2. The van der Waals surface area contributed by atoms with E-state index in [4.69, 9.17) is 23.7 Å². The summed E-state index contributed by atoms with van der Waals surface area (Å²) in [4.78, 5) is 11.6. The normalized spacial score (nSPS) is 11.2. The highest BCUT2D eigenvalue weighted by molar-refractivity contribution is 5.69. The zero-order valence-corrected chi connectivity index (χ0v) is 17.1. The van der Waals surface area contributed by atoms with Gasteiger partial charge in [-0.05, 0) is 18.8 Å². The highest BCUT2D eigenvalue weighted by Gasteiger charge is 2.02. The molecule has 0 aliphatic rings. The number of carbonyl (C=O) groups excluding carboxylic acids is 1. The Bertz CT molecular complexity index is 296. The van der Waals surface area contributed by atoms with Gasteiger partial charge in [0.1, 0.15) is 0 Å². The average Bonchev–Trinajstić information content (AvgIpc) is 2.61. The number of hydrogen-bond donors (Lipinski definition) is 0. The molecule has 0 heterocycles. The number of methoxy groups -OCH3 is 1. The maximum atomic E-state index is 11.6. The topological polar surface area (TPSA) is 63.2 Å². The third-order valence-corrected chi connectivity index (χ3v) is 3.78. The molecule has 0 aromatic carbocycles. The fourth-order valence-electron chi connectivity index (χ4n) is 2.27. The van der Waals surface area contributed by atoms with Crippen molar-refractivity contribution in [1.29, 1.82) is 0 Å². The minimum absolute atomic E-state index is 0.125. The summed E-state index contributed by atoms with van der Waals surface area (Å²) >= 11 is 0. The molecule has 0 amide bonds. The van der Waals surface area contributed by atoms with Crippen LogP contribution in [0.2, 0.25) is 0 Å². The first kappa shape index (κ1) is 25.3. The molecule has 0 rings (SSSR count). The molecular weight excluding hydrogens is 336 g/mol. The van der Waals surface area contributed by atoms with Crippen LogP contribution in [0.4, 0.5) is 0 Å². The molecule has 0 radical (unpaired) electrons. The van der Waals surface area contributed by atoms with E-state index in [2.05, 4.69) is 13.8 Å². The molecular formula is C20H40O6. The van der Waals surface area contributed by atoms with Crippen molar-refractivity contribution in [2.24, 2.45) is 5.92 Å². The van der Waals surface area contributed by atoms with E-state index in [1.807, 2.05) is 0 Å². The molecule has 0 spiro atoms. The monoisotopic (exact) mass is 376 g/mol. The number of carbonyl (C=O) groups is 1. The Kier molecular flexibility index (Phi) is 20.1. The molecule has 0 atom stereocenters. The van der Waals surface area contributed by atoms with Crippen molar-refractivity contribution in [3.8, 4) is 0 Å². The van der Waals surface area contributed by atoms with Gasteiger partial charge in [-0.2, -0.15) is 0 Å². The molecule has 0 aliphatic carbocycles. The van der Waals surface area contributed by atoms with Crippen LogP contribution in [0.3, 0.4) is 0 Å². The summed E-state index contributed by atoms with van der Waals surface area (Å²) in [6.45, 7) is 8.97. The highest BCUT2D eigenvalue weighted by atomic mass is 16.6. The van der Waals surface area contributed by atoms with Crippen molar-refractivity contribution >= 4 is 5.97 Å². The Morgan fingerprint density at radius 2 is 1.27 bits per heavy atom. The molecule has 6 nitrogen and oxygen atoms in total. The number of rotatable bonds is 20. The standard InChI is InChI=1S/C20H40O6/c1-19(2)9-6-4-5-7-12-26-20(21)10-8-11-23-15-16-25-18-17-24-14-13-22-3/h19H,4-18H2,1-3H3. The Labute approximate surface area is 159 Å². The van der Waals surface area contributed by atoms with Crippen LogP contribution in [0.15, 0.2) is 0 Å². The predicted octanol–water partition coefficient (Wildman–Crippen LogP) is 3.61. The molecule has 0 saturated carbocycles. The second-order valence-corrected chi connectivity index (χ2v) is 6.75. The lowest BCUT2D eigenvalue weighted by atomic mass is 10.0. The van der Waals surface area contributed by atoms with Gasteiger partial charge in [-0.15, -0.1) is 0 Å². The van der Waals surface area contributed by atoms with Gasteiger partial charge in [0.2, 0.25) is 0 Å². The molecule has 0 aromatic heterocycles. The predicted molar refractivity (Wildman–Crippen MR) is 102 cm³/mol. The minimum atomic E-state index is -0.125. The van der Waals surface area contributed by atoms with E-state index >= 15 is 0 Å². The van der Waals surface area contributed by atoms with Crippen LogP contribution in [0, 0.1) is 5.92 Å². The first-order chi connectivity index (χ1) is 12.7. The molecule has 0 aliphatic heterocycles. The molecule has 0 N–H and O–H groups in total. The largest absolute Gasteiger partial charge is 0.466 e. The van der Waals surface area contributed by atoms with Gasteiger partial charge in [-0.1, -0.05) is 39.5 Å². The Balaban J connectivity index is 3.15. The first-order valence-electron chi connectivity index (χ1n) is 10.0. The maximum Gasteiger partial charge on any atom is 0.305 e. The van der Waals surface area contributed by atoms with E-state index in [9.17, 15) is 4.79 Å². The fraction of sp³-hybridized carbons (Fsp3) is 0.950. The van der Waals surface area contributed by atoms with E-state index < -0.39 is 0 Å². The quantitative estimate of drug-likeness (QED) is 0.239. The summed E-state index contributed by atoms with van der Waals surface area (Å²) in [6.07, 6.45) is 6.99. The van der Waals surface area contributed by atoms with Crippen molar-refractivity contribution in [1.82, 2.24) is 0 Å². The van der Waals surface area contributed by atoms with Crippen molar-refractivity contribution < 1.29 is 28.5 Å². The van der Waals surface area contributed by atoms with Crippen molar-refractivity contribution in [2.75, 3.05) is 60.0 Å². The maximum absolute atomic E-state index is 11.6. The van der Waals surface area contributed by atoms with Crippen molar-refractivity contribution in [2.45, 2.75) is 58.8 Å². The van der Waals surface area contributed by atoms with Crippen molar-refractivity contribution in [3.05, 3.63) is 0 Å². The van der Waals surface area contributed by atoms with Gasteiger partial charge in [0, 0.05) is 20.1 Å². The molecule has 26 heavy (non-hydrogen) atoms. The highest BCUT2D eigenvalue weighted by Crippen LogP contribution is 2.09. The van der Waals surface area contributed by atoms with Crippen molar-refractivity contribution in [3.63, 3.8) is 0 Å². The lowest BCUT2D eigenvalue weighted by molar-refractivity contribution is -0.144. The summed E-state index contributed by atoms with van der Waals surface area (Å²) in [5, 5.41) is 0. The number of ether oxygens (including phenoxy) is 5. The van der Waals surface area contributed by atoms with Crippen LogP contribution in [-0.2, 0) is 28.5 Å². The third kappa shape index (κ3) is 21.4. The zero-order chi connectivity index (χ0) is 19.3. The lowest BCUT2D eigenvalue weighted by Gasteiger charge is -2.07. The third-order valence-electron chi connectivity index (χ3n) is 3.78. The second kappa shape index (κ2) is 20.6.